The number of esters is 2. The summed E-state index contributed by atoms with van der Waals surface area (Å²) in [7, 11) is -4.63. The molecule has 1 unspecified atom stereocenters. The summed E-state index contributed by atoms with van der Waals surface area (Å²) in [6, 6.07) is 0. The van der Waals surface area contributed by atoms with Gasteiger partial charge in [-0.15, -0.1) is 0 Å². The third-order valence-corrected chi connectivity index (χ3v) is 11.2. The smallest absolute Gasteiger partial charge is 0.462 e. The van der Waals surface area contributed by atoms with Crippen LogP contribution in [0.15, 0.2) is 36.5 Å². The molecule has 0 aliphatic heterocycles. The third-order valence-electron chi connectivity index (χ3n) is 10.3. The van der Waals surface area contributed by atoms with E-state index in [2.05, 4.69) is 44.2 Å². The van der Waals surface area contributed by atoms with Crippen molar-refractivity contribution in [1.82, 2.24) is 0 Å². The quantitative estimate of drug-likeness (QED) is 0.0234. The number of carbonyl (C=O) groups is 2. The molecule has 0 radical (unpaired) electrons. The predicted octanol–water partition coefficient (Wildman–Crippen LogP) is 13.1. The summed E-state index contributed by atoms with van der Waals surface area (Å²) >= 11 is 0. The van der Waals surface area contributed by atoms with Crippen molar-refractivity contribution in [2.24, 2.45) is 0 Å². The highest BCUT2D eigenvalue weighted by atomic mass is 31.2. The van der Waals surface area contributed by atoms with Crippen molar-refractivity contribution >= 4 is 19.8 Å². The summed E-state index contributed by atoms with van der Waals surface area (Å²) < 4.78 is 32.7. The van der Waals surface area contributed by atoms with Crippen LogP contribution in [0.5, 0.6) is 0 Å². The number of hydrogen-bond acceptors (Lipinski definition) is 9. The Hall–Kier alpha value is -1.81. The highest BCUT2D eigenvalue weighted by molar-refractivity contribution is 7.47. The zero-order valence-electron chi connectivity index (χ0n) is 37.7. The SMILES string of the molecule is CCCCCCCC/C=C/C/C=C/C/C=C/CCCC(=O)O[C@H](COC(=O)CCCCCCCCCCCCCCCCCCCCC)COP(=O)(O)OC[C@@H](O)CO. The lowest BCUT2D eigenvalue weighted by molar-refractivity contribution is -0.161. The molecule has 0 aliphatic rings. The van der Waals surface area contributed by atoms with E-state index < -0.39 is 51.8 Å². The van der Waals surface area contributed by atoms with E-state index in [1.807, 2.05) is 6.08 Å². The average molecular weight is 857 g/mol. The zero-order valence-corrected chi connectivity index (χ0v) is 38.6. The van der Waals surface area contributed by atoms with Gasteiger partial charge in [-0.25, -0.2) is 4.57 Å². The average Bonchev–Trinajstić information content (AvgIpc) is 3.22. The van der Waals surface area contributed by atoms with Gasteiger partial charge in [0.15, 0.2) is 6.10 Å². The monoisotopic (exact) mass is 857 g/mol. The summed E-state index contributed by atoms with van der Waals surface area (Å²) in [4.78, 5) is 35.1. The summed E-state index contributed by atoms with van der Waals surface area (Å²) in [6.45, 7) is 2.35. The predicted molar refractivity (Wildman–Crippen MR) is 242 cm³/mol. The second-order valence-corrected chi connectivity index (χ2v) is 17.6. The first-order valence-electron chi connectivity index (χ1n) is 23.9. The molecule has 3 N–H and O–H groups in total. The summed E-state index contributed by atoms with van der Waals surface area (Å²) in [6.07, 6.45) is 46.9. The van der Waals surface area contributed by atoms with Gasteiger partial charge in [0.05, 0.1) is 19.8 Å². The minimum atomic E-state index is -4.63. The van der Waals surface area contributed by atoms with Gasteiger partial charge in [-0.05, 0) is 44.9 Å². The molecule has 0 saturated heterocycles. The van der Waals surface area contributed by atoms with E-state index in [1.54, 1.807) is 0 Å². The normalized spacial score (nSPS) is 14.1. The first kappa shape index (κ1) is 57.2. The third kappa shape index (κ3) is 44.1. The maximum absolute atomic E-state index is 12.6. The Balaban J connectivity index is 4.28. The lowest BCUT2D eigenvalue weighted by Gasteiger charge is -2.20. The molecule has 0 aromatic heterocycles. The van der Waals surface area contributed by atoms with Crippen molar-refractivity contribution in [1.29, 1.82) is 0 Å². The molecule has 0 fully saturated rings. The number of allylic oxidation sites excluding steroid dienone is 6. The Labute approximate surface area is 361 Å². The van der Waals surface area contributed by atoms with Crippen molar-refractivity contribution in [3.63, 3.8) is 0 Å². The largest absolute Gasteiger partial charge is 0.472 e. The van der Waals surface area contributed by atoms with Crippen molar-refractivity contribution in [3.8, 4) is 0 Å². The fraction of sp³-hybridized carbons (Fsp3) is 0.833. The minimum Gasteiger partial charge on any atom is -0.462 e. The Morgan fingerprint density at radius 3 is 1.37 bits per heavy atom. The molecule has 0 aromatic rings. The topological polar surface area (TPSA) is 149 Å². The lowest BCUT2D eigenvalue weighted by Crippen LogP contribution is -2.29. The number of aliphatic hydroxyl groups is 2. The van der Waals surface area contributed by atoms with Crippen LogP contribution in [0.1, 0.15) is 219 Å². The van der Waals surface area contributed by atoms with Gasteiger partial charge in [-0.3, -0.25) is 18.6 Å². The van der Waals surface area contributed by atoms with E-state index in [-0.39, 0.29) is 19.4 Å². The fourth-order valence-corrected chi connectivity index (χ4v) is 7.39. The number of rotatable bonds is 45. The van der Waals surface area contributed by atoms with Gasteiger partial charge in [0.2, 0.25) is 0 Å². The molecule has 0 saturated carbocycles. The molecule has 3 atom stereocenters. The van der Waals surface area contributed by atoms with Crippen LogP contribution in [0.3, 0.4) is 0 Å². The van der Waals surface area contributed by atoms with Crippen LogP contribution < -0.4 is 0 Å². The fourth-order valence-electron chi connectivity index (χ4n) is 6.60. The second-order valence-electron chi connectivity index (χ2n) is 16.1. The molecule has 0 aromatic carbocycles. The van der Waals surface area contributed by atoms with Gasteiger partial charge >= 0.3 is 19.8 Å². The molecule has 0 aliphatic carbocycles. The molecule has 0 bridgehead atoms. The van der Waals surface area contributed by atoms with Crippen LogP contribution in [0.4, 0.5) is 0 Å². The maximum atomic E-state index is 12.6. The highest BCUT2D eigenvalue weighted by Crippen LogP contribution is 2.43. The van der Waals surface area contributed by atoms with Crippen molar-refractivity contribution < 1.29 is 47.8 Å². The number of unbranched alkanes of at least 4 members (excludes halogenated alkanes) is 25. The Kier molecular flexibility index (Phi) is 42.9. The van der Waals surface area contributed by atoms with Crippen LogP contribution in [0, 0.1) is 0 Å². The Morgan fingerprint density at radius 2 is 0.898 bits per heavy atom. The maximum Gasteiger partial charge on any atom is 0.472 e. The number of carbonyl (C=O) groups excluding carboxylic acids is 2. The highest BCUT2D eigenvalue weighted by Gasteiger charge is 2.27. The van der Waals surface area contributed by atoms with E-state index in [0.717, 1.165) is 38.5 Å². The molecule has 0 amide bonds. The van der Waals surface area contributed by atoms with Gasteiger partial charge in [0, 0.05) is 12.8 Å². The summed E-state index contributed by atoms with van der Waals surface area (Å²) in [5.74, 6) is -0.977. The molecule has 0 heterocycles. The molecule has 0 rings (SSSR count). The van der Waals surface area contributed by atoms with Crippen LogP contribution >= 0.6 is 7.82 Å². The standard InChI is InChI=1S/C48H89O10P/c1-3-5-7-9-11-13-15-17-19-21-22-24-25-27-29-31-33-35-37-39-47(51)55-43-46(44-57-59(53,54)56-42-45(50)41-49)58-48(52)40-38-36-34-32-30-28-26-23-20-18-16-14-12-10-8-6-4-2/h18,20,26,28,32,34,45-46,49-50H,3-17,19,21-25,27,29-31,33,35-44H2,1-2H3,(H,53,54)/b20-18+,28-26+,34-32+/t45-,46+/m0/s1. The molecule has 346 valence electrons. The molecule has 59 heavy (non-hydrogen) atoms. The van der Waals surface area contributed by atoms with Crippen molar-refractivity contribution in [2.45, 2.75) is 232 Å². The number of phosphoric acid groups is 1. The molecular formula is C48H89O10P. The van der Waals surface area contributed by atoms with Crippen molar-refractivity contribution in [3.05, 3.63) is 36.5 Å². The summed E-state index contributed by atoms with van der Waals surface area (Å²) in [5.41, 5.74) is 0. The van der Waals surface area contributed by atoms with Crippen molar-refractivity contribution in [2.75, 3.05) is 26.4 Å². The van der Waals surface area contributed by atoms with Gasteiger partial charge in [0.25, 0.3) is 0 Å². The molecule has 11 heteroatoms. The van der Waals surface area contributed by atoms with Crippen LogP contribution in [-0.4, -0.2) is 65.7 Å². The van der Waals surface area contributed by atoms with E-state index in [0.29, 0.717) is 19.3 Å². The number of hydrogen-bond donors (Lipinski definition) is 3. The first-order valence-corrected chi connectivity index (χ1v) is 25.4. The van der Waals surface area contributed by atoms with Gasteiger partial charge in [-0.1, -0.05) is 198 Å². The number of aliphatic hydroxyl groups excluding tert-OH is 2. The number of phosphoric ester groups is 1. The Bertz CT molecular complexity index is 1080. The van der Waals surface area contributed by atoms with Crippen LogP contribution in [0.2, 0.25) is 0 Å². The van der Waals surface area contributed by atoms with Gasteiger partial charge < -0.3 is 24.6 Å². The van der Waals surface area contributed by atoms with E-state index in [4.69, 9.17) is 23.6 Å². The van der Waals surface area contributed by atoms with E-state index in [1.165, 1.54) is 135 Å². The molecular weight excluding hydrogens is 767 g/mol. The number of ether oxygens (including phenoxy) is 2. The minimum absolute atomic E-state index is 0.114. The second kappa shape index (κ2) is 44.3. The molecule has 0 spiro atoms. The zero-order chi connectivity index (χ0) is 43.3. The van der Waals surface area contributed by atoms with E-state index >= 15 is 0 Å². The van der Waals surface area contributed by atoms with Crippen LogP contribution in [-0.2, 0) is 32.7 Å². The van der Waals surface area contributed by atoms with Gasteiger partial charge in [-0.2, -0.15) is 0 Å². The summed E-state index contributed by atoms with van der Waals surface area (Å²) in [5, 5.41) is 18.4. The van der Waals surface area contributed by atoms with Crippen LogP contribution in [0.25, 0.3) is 0 Å². The van der Waals surface area contributed by atoms with Gasteiger partial charge in [0.1, 0.15) is 12.7 Å². The molecule has 10 nitrogen and oxygen atoms in total. The van der Waals surface area contributed by atoms with E-state index in [9.17, 15) is 24.2 Å². The Morgan fingerprint density at radius 1 is 0.508 bits per heavy atom. The lowest BCUT2D eigenvalue weighted by atomic mass is 10.0. The first-order chi connectivity index (χ1) is 28.7.